The van der Waals surface area contributed by atoms with Gasteiger partial charge in [-0.3, -0.25) is 15.6 Å². The van der Waals surface area contributed by atoms with E-state index in [9.17, 15) is 39.9 Å². The van der Waals surface area contributed by atoms with Crippen molar-refractivity contribution in [3.63, 3.8) is 0 Å². The lowest BCUT2D eigenvalue weighted by atomic mass is 9.95. The Morgan fingerprint density at radius 2 is 1.62 bits per heavy atom. The van der Waals surface area contributed by atoms with E-state index in [0.717, 1.165) is 18.2 Å². The van der Waals surface area contributed by atoms with Gasteiger partial charge in [0.2, 0.25) is 0 Å². The second kappa shape index (κ2) is 11.2. The van der Waals surface area contributed by atoms with Crippen LogP contribution in [0.1, 0.15) is 33.0 Å². The van der Waals surface area contributed by atoms with Gasteiger partial charge in [-0.2, -0.15) is 26.3 Å². The van der Waals surface area contributed by atoms with Crippen molar-refractivity contribution in [1.29, 1.82) is 0 Å². The third kappa shape index (κ3) is 7.06. The highest BCUT2D eigenvalue weighted by molar-refractivity contribution is 9.11. The molecule has 2 N–H and O–H groups in total. The SMILES string of the molecule is O=C(NNc1ccccn1)c1ccc(/C(F)=C/C(c2cc(Br)c(F)c(Br)c2)C(F)(F)F)cc1C(F)(F)F. The standard InChI is InChI=1S/C23H13Br2F8N3O/c24-16-8-12(9-17(25)20(16)27)14(22(28,29)30)10-18(26)11-4-5-13(15(7-11)23(31,32)33)21(37)36-35-19-3-1-2-6-34-19/h1-10,14H,(H,34,35)(H,36,37)/b18-10-. The number of amides is 1. The first-order chi connectivity index (χ1) is 17.2. The van der Waals surface area contributed by atoms with Crippen molar-refractivity contribution in [2.24, 2.45) is 0 Å². The first kappa shape index (κ1) is 28.6. The summed E-state index contributed by atoms with van der Waals surface area (Å²) >= 11 is 5.53. The molecule has 37 heavy (non-hydrogen) atoms. The molecule has 4 nitrogen and oxygen atoms in total. The molecular weight excluding hydrogens is 646 g/mol. The van der Waals surface area contributed by atoms with Gasteiger partial charge in [-0.05, 0) is 79.9 Å². The second-order valence-corrected chi connectivity index (χ2v) is 9.09. The number of rotatable bonds is 6. The summed E-state index contributed by atoms with van der Waals surface area (Å²) in [5, 5.41) is 0. The zero-order chi connectivity index (χ0) is 27.5. The van der Waals surface area contributed by atoms with Crippen LogP contribution in [0, 0.1) is 5.82 Å². The van der Waals surface area contributed by atoms with Gasteiger partial charge in [0.05, 0.1) is 20.1 Å². The number of hydrogen-bond acceptors (Lipinski definition) is 3. The summed E-state index contributed by atoms with van der Waals surface area (Å²) in [6.07, 6.45) is -8.79. The minimum Gasteiger partial charge on any atom is -0.282 e. The van der Waals surface area contributed by atoms with Crippen LogP contribution in [0.4, 0.5) is 40.9 Å². The minimum atomic E-state index is -5.15. The van der Waals surface area contributed by atoms with Crippen molar-refractivity contribution in [2.75, 3.05) is 5.43 Å². The molecule has 0 saturated heterocycles. The number of anilines is 1. The van der Waals surface area contributed by atoms with E-state index in [1.54, 1.807) is 12.1 Å². The van der Waals surface area contributed by atoms with Crippen molar-refractivity contribution in [2.45, 2.75) is 18.3 Å². The third-order valence-corrected chi connectivity index (χ3v) is 6.00. The molecule has 1 atom stereocenters. The Hall–Kier alpha value is -3.00. The zero-order valence-electron chi connectivity index (χ0n) is 18.0. The molecule has 0 spiro atoms. The fourth-order valence-corrected chi connectivity index (χ4v) is 4.35. The number of nitrogens with zero attached hydrogens (tertiary/aromatic N) is 1. The van der Waals surface area contributed by atoms with Crippen molar-refractivity contribution in [3.05, 3.63) is 97.8 Å². The first-order valence-corrected chi connectivity index (χ1v) is 11.5. The quantitative estimate of drug-likeness (QED) is 0.160. The summed E-state index contributed by atoms with van der Waals surface area (Å²) in [5.74, 6) is -6.28. The normalized spacial score (nSPS) is 13.3. The van der Waals surface area contributed by atoms with E-state index in [1.165, 1.54) is 12.3 Å². The van der Waals surface area contributed by atoms with Crippen LogP contribution >= 0.6 is 31.9 Å². The molecule has 1 unspecified atom stereocenters. The number of carbonyl (C=O) groups is 1. The molecule has 3 rings (SSSR count). The van der Waals surface area contributed by atoms with Gasteiger partial charge in [-0.25, -0.2) is 13.8 Å². The number of pyridine rings is 1. The van der Waals surface area contributed by atoms with E-state index in [2.05, 4.69) is 42.3 Å². The van der Waals surface area contributed by atoms with Gasteiger partial charge in [-0.15, -0.1) is 0 Å². The van der Waals surface area contributed by atoms with Crippen LogP contribution in [0.5, 0.6) is 0 Å². The average molecular weight is 659 g/mol. The molecule has 0 bridgehead atoms. The number of nitrogens with one attached hydrogen (secondary N) is 2. The number of hydrogen-bond donors (Lipinski definition) is 2. The summed E-state index contributed by atoms with van der Waals surface area (Å²) in [5.41, 5.74) is 0.413. The fourth-order valence-electron chi connectivity index (χ4n) is 3.13. The van der Waals surface area contributed by atoms with Gasteiger partial charge in [0.1, 0.15) is 17.6 Å². The van der Waals surface area contributed by atoms with E-state index in [1.807, 2.05) is 5.43 Å². The van der Waals surface area contributed by atoms with Crippen LogP contribution in [0.15, 0.2) is 69.7 Å². The van der Waals surface area contributed by atoms with E-state index in [4.69, 9.17) is 0 Å². The van der Waals surface area contributed by atoms with E-state index >= 15 is 0 Å². The number of hydrazine groups is 1. The highest BCUT2D eigenvalue weighted by Gasteiger charge is 2.41. The Morgan fingerprint density at radius 1 is 0.973 bits per heavy atom. The molecule has 0 aliphatic heterocycles. The maximum atomic E-state index is 14.9. The molecule has 0 aliphatic rings. The second-order valence-electron chi connectivity index (χ2n) is 7.38. The maximum Gasteiger partial charge on any atom is 0.417 e. The predicted octanol–water partition coefficient (Wildman–Crippen LogP) is 8.18. The smallest absolute Gasteiger partial charge is 0.282 e. The first-order valence-electron chi connectivity index (χ1n) is 9.96. The summed E-state index contributed by atoms with van der Waals surface area (Å²) in [4.78, 5) is 16.2. The maximum absolute atomic E-state index is 14.9. The Kier molecular flexibility index (Phi) is 8.63. The molecular formula is C23H13Br2F8N3O. The molecule has 14 heteroatoms. The minimum absolute atomic E-state index is 0.0734. The molecule has 0 saturated carbocycles. The van der Waals surface area contributed by atoms with Crippen LogP contribution in [-0.4, -0.2) is 17.1 Å². The molecule has 1 heterocycles. The molecule has 1 amide bonds. The zero-order valence-corrected chi connectivity index (χ0v) is 21.2. The van der Waals surface area contributed by atoms with Crippen LogP contribution < -0.4 is 10.9 Å². The number of aromatic nitrogens is 1. The average Bonchev–Trinajstić information content (AvgIpc) is 2.83. The van der Waals surface area contributed by atoms with Crippen molar-refractivity contribution >= 4 is 49.4 Å². The van der Waals surface area contributed by atoms with E-state index in [0.29, 0.717) is 6.07 Å². The molecule has 0 aliphatic carbocycles. The van der Waals surface area contributed by atoms with Gasteiger partial charge in [0.15, 0.2) is 5.82 Å². The van der Waals surface area contributed by atoms with Gasteiger partial charge < -0.3 is 0 Å². The lowest BCUT2D eigenvalue weighted by Gasteiger charge is -2.19. The molecule has 3 aromatic rings. The van der Waals surface area contributed by atoms with Crippen LogP contribution in [0.2, 0.25) is 0 Å². The molecule has 1 aromatic heterocycles. The summed E-state index contributed by atoms with van der Waals surface area (Å²) < 4.78 is 110. The number of alkyl halides is 6. The van der Waals surface area contributed by atoms with E-state index < -0.39 is 58.1 Å². The molecule has 0 fully saturated rings. The van der Waals surface area contributed by atoms with Gasteiger partial charge >= 0.3 is 12.4 Å². The lowest BCUT2D eigenvalue weighted by molar-refractivity contribution is -0.140. The Balaban J connectivity index is 1.99. The number of carbonyl (C=O) groups excluding carboxylic acids is 1. The lowest BCUT2D eigenvalue weighted by Crippen LogP contribution is -2.31. The number of allylic oxidation sites excluding steroid dienone is 1. The highest BCUT2D eigenvalue weighted by Crippen LogP contribution is 2.41. The summed E-state index contributed by atoms with van der Waals surface area (Å²) in [6.45, 7) is 0. The van der Waals surface area contributed by atoms with Gasteiger partial charge in [0, 0.05) is 11.8 Å². The molecule has 2 aromatic carbocycles. The third-order valence-electron chi connectivity index (χ3n) is 4.85. The highest BCUT2D eigenvalue weighted by atomic mass is 79.9. The Labute approximate surface area is 221 Å². The van der Waals surface area contributed by atoms with Crippen LogP contribution in [0.25, 0.3) is 5.83 Å². The fraction of sp³-hybridized carbons (Fsp3) is 0.130. The van der Waals surface area contributed by atoms with Crippen molar-refractivity contribution in [3.8, 4) is 0 Å². The van der Waals surface area contributed by atoms with Crippen molar-refractivity contribution in [1.82, 2.24) is 10.4 Å². The van der Waals surface area contributed by atoms with Gasteiger partial charge in [0.25, 0.3) is 5.91 Å². The molecule has 196 valence electrons. The van der Waals surface area contributed by atoms with Gasteiger partial charge in [-0.1, -0.05) is 12.1 Å². The number of benzene rings is 2. The topological polar surface area (TPSA) is 54.0 Å². The number of halogens is 10. The van der Waals surface area contributed by atoms with E-state index in [-0.39, 0.29) is 26.9 Å². The Morgan fingerprint density at radius 3 is 2.16 bits per heavy atom. The summed E-state index contributed by atoms with van der Waals surface area (Å²) in [6, 6.07) is 7.69. The van der Waals surface area contributed by atoms with Crippen LogP contribution in [-0.2, 0) is 6.18 Å². The van der Waals surface area contributed by atoms with Crippen molar-refractivity contribution < 1.29 is 39.9 Å². The Bertz CT molecular complexity index is 1300. The monoisotopic (exact) mass is 657 g/mol. The largest absolute Gasteiger partial charge is 0.417 e. The molecule has 0 radical (unpaired) electrons. The van der Waals surface area contributed by atoms with Crippen LogP contribution in [0.3, 0.4) is 0 Å². The summed E-state index contributed by atoms with van der Waals surface area (Å²) in [7, 11) is 0. The predicted molar refractivity (Wildman–Crippen MR) is 126 cm³/mol.